The Morgan fingerprint density at radius 1 is 0.967 bits per heavy atom. The molecular formula is C22H30N2O5S. The molecule has 2 rings (SSSR count). The average Bonchev–Trinajstić information content (AvgIpc) is 2.72. The lowest BCUT2D eigenvalue weighted by molar-refractivity contribution is -0.124. The Balaban J connectivity index is 2.01. The van der Waals surface area contributed by atoms with E-state index in [9.17, 15) is 13.2 Å². The van der Waals surface area contributed by atoms with Crippen LogP contribution in [0.4, 0.5) is 5.69 Å². The topological polar surface area (TPSA) is 84.9 Å². The van der Waals surface area contributed by atoms with Gasteiger partial charge in [-0.15, -0.1) is 0 Å². The van der Waals surface area contributed by atoms with Gasteiger partial charge >= 0.3 is 0 Å². The summed E-state index contributed by atoms with van der Waals surface area (Å²) in [7, 11) is -2.22. The molecule has 1 N–H and O–H groups in total. The fourth-order valence-corrected chi connectivity index (χ4v) is 3.73. The molecule has 0 aliphatic carbocycles. The molecule has 0 heterocycles. The molecular weight excluding hydrogens is 404 g/mol. The van der Waals surface area contributed by atoms with Crippen LogP contribution >= 0.6 is 0 Å². The van der Waals surface area contributed by atoms with Gasteiger partial charge in [0.25, 0.3) is 15.9 Å². The number of rotatable bonds is 10. The standard InChI is InChI=1S/C22H30N2O5S/c1-6-28-19-11-13-21(14-12-19)30(26,27)24(5)18-7-9-20(10-8-18)29-15-22(25)23-17(4)16(2)3/h7-14,16-17H,6,15H2,1-5H3,(H,23,25). The number of anilines is 1. The number of ether oxygens (including phenoxy) is 2. The minimum absolute atomic E-state index is 0.0601. The van der Waals surface area contributed by atoms with Crippen LogP contribution in [0.2, 0.25) is 0 Å². The van der Waals surface area contributed by atoms with Crippen molar-refractivity contribution in [3.63, 3.8) is 0 Å². The molecule has 164 valence electrons. The summed E-state index contributed by atoms with van der Waals surface area (Å²) in [4.78, 5) is 12.1. The van der Waals surface area contributed by atoms with E-state index >= 15 is 0 Å². The highest BCUT2D eigenvalue weighted by atomic mass is 32.2. The van der Waals surface area contributed by atoms with E-state index in [1.807, 2.05) is 27.7 Å². The number of nitrogens with zero attached hydrogens (tertiary/aromatic N) is 1. The molecule has 8 heteroatoms. The molecule has 2 aromatic carbocycles. The van der Waals surface area contributed by atoms with Crippen molar-refractivity contribution in [2.75, 3.05) is 24.6 Å². The van der Waals surface area contributed by atoms with E-state index in [1.165, 1.54) is 23.5 Å². The molecule has 0 aliphatic heterocycles. The predicted octanol–water partition coefficient (Wildman–Crippen LogP) is 3.45. The van der Waals surface area contributed by atoms with Gasteiger partial charge in [-0.25, -0.2) is 8.42 Å². The fraction of sp³-hybridized carbons (Fsp3) is 0.409. The van der Waals surface area contributed by atoms with Crippen LogP contribution in [0.3, 0.4) is 0 Å². The van der Waals surface area contributed by atoms with Gasteiger partial charge in [0.1, 0.15) is 11.5 Å². The molecule has 0 aromatic heterocycles. The number of hydrogen-bond donors (Lipinski definition) is 1. The van der Waals surface area contributed by atoms with Crippen LogP contribution in [0, 0.1) is 5.92 Å². The molecule has 2 aromatic rings. The zero-order valence-electron chi connectivity index (χ0n) is 18.1. The van der Waals surface area contributed by atoms with E-state index in [0.29, 0.717) is 29.7 Å². The molecule has 0 bridgehead atoms. The summed E-state index contributed by atoms with van der Waals surface area (Å²) in [5.41, 5.74) is 0.481. The van der Waals surface area contributed by atoms with Crippen LogP contribution in [-0.4, -0.2) is 40.6 Å². The average molecular weight is 435 g/mol. The van der Waals surface area contributed by atoms with Gasteiger partial charge in [0, 0.05) is 13.1 Å². The molecule has 1 unspecified atom stereocenters. The quantitative estimate of drug-likeness (QED) is 0.619. The van der Waals surface area contributed by atoms with Crippen molar-refractivity contribution in [3.05, 3.63) is 48.5 Å². The zero-order valence-corrected chi connectivity index (χ0v) is 18.9. The van der Waals surface area contributed by atoms with Gasteiger partial charge in [0.05, 0.1) is 17.2 Å². The van der Waals surface area contributed by atoms with Crippen molar-refractivity contribution < 1.29 is 22.7 Å². The second-order valence-electron chi connectivity index (χ2n) is 7.26. The van der Waals surface area contributed by atoms with Crippen molar-refractivity contribution in [3.8, 4) is 11.5 Å². The minimum Gasteiger partial charge on any atom is -0.494 e. The molecule has 0 saturated carbocycles. The van der Waals surface area contributed by atoms with E-state index in [4.69, 9.17) is 9.47 Å². The zero-order chi connectivity index (χ0) is 22.3. The number of carbonyl (C=O) groups is 1. The highest BCUT2D eigenvalue weighted by Gasteiger charge is 2.21. The monoisotopic (exact) mass is 434 g/mol. The molecule has 0 aliphatic rings. The maximum atomic E-state index is 12.9. The summed E-state index contributed by atoms with van der Waals surface area (Å²) in [6.07, 6.45) is 0. The highest BCUT2D eigenvalue weighted by Crippen LogP contribution is 2.25. The number of sulfonamides is 1. The normalized spacial score (nSPS) is 12.3. The number of benzene rings is 2. The Morgan fingerprint density at radius 2 is 1.50 bits per heavy atom. The van der Waals surface area contributed by atoms with E-state index in [1.54, 1.807) is 36.4 Å². The maximum Gasteiger partial charge on any atom is 0.264 e. The molecule has 0 fully saturated rings. The smallest absolute Gasteiger partial charge is 0.264 e. The number of nitrogens with one attached hydrogen (secondary N) is 1. The first-order valence-electron chi connectivity index (χ1n) is 9.89. The number of carbonyl (C=O) groups excluding carboxylic acids is 1. The lowest BCUT2D eigenvalue weighted by Gasteiger charge is -2.20. The van der Waals surface area contributed by atoms with Crippen LogP contribution in [0.15, 0.2) is 53.4 Å². The van der Waals surface area contributed by atoms with Crippen molar-refractivity contribution in [2.24, 2.45) is 5.92 Å². The molecule has 0 spiro atoms. The number of hydrogen-bond acceptors (Lipinski definition) is 5. The van der Waals surface area contributed by atoms with Gasteiger partial charge in [-0.2, -0.15) is 0 Å². The van der Waals surface area contributed by atoms with Crippen molar-refractivity contribution in [1.29, 1.82) is 0 Å². The van der Waals surface area contributed by atoms with Crippen LogP contribution < -0.4 is 19.1 Å². The van der Waals surface area contributed by atoms with Gasteiger partial charge in [-0.1, -0.05) is 13.8 Å². The molecule has 0 saturated heterocycles. The van der Waals surface area contributed by atoms with Crippen LogP contribution in [0.1, 0.15) is 27.7 Å². The van der Waals surface area contributed by atoms with Gasteiger partial charge < -0.3 is 14.8 Å². The first-order valence-corrected chi connectivity index (χ1v) is 11.3. The second kappa shape index (κ2) is 10.3. The van der Waals surface area contributed by atoms with Crippen molar-refractivity contribution >= 4 is 21.6 Å². The fourth-order valence-electron chi connectivity index (χ4n) is 2.53. The van der Waals surface area contributed by atoms with Crippen molar-refractivity contribution in [2.45, 2.75) is 38.6 Å². The van der Waals surface area contributed by atoms with Gasteiger partial charge in [0.2, 0.25) is 0 Å². The summed E-state index contributed by atoms with van der Waals surface area (Å²) in [6, 6.07) is 12.9. The lowest BCUT2D eigenvalue weighted by Crippen LogP contribution is -2.38. The summed E-state index contributed by atoms with van der Waals surface area (Å²) in [6.45, 7) is 8.28. The van der Waals surface area contributed by atoms with Crippen LogP contribution in [0.5, 0.6) is 11.5 Å². The highest BCUT2D eigenvalue weighted by molar-refractivity contribution is 7.92. The third-order valence-electron chi connectivity index (χ3n) is 4.75. The van der Waals surface area contributed by atoms with E-state index in [-0.39, 0.29) is 23.5 Å². The SMILES string of the molecule is CCOc1ccc(S(=O)(=O)N(C)c2ccc(OCC(=O)NC(C)C(C)C)cc2)cc1. The Bertz CT molecular complexity index is 925. The third-order valence-corrected chi connectivity index (χ3v) is 6.55. The Morgan fingerprint density at radius 3 is 2.03 bits per heavy atom. The Hall–Kier alpha value is -2.74. The Labute approximate surface area is 179 Å². The molecule has 30 heavy (non-hydrogen) atoms. The molecule has 1 atom stereocenters. The predicted molar refractivity (Wildman–Crippen MR) is 118 cm³/mol. The first-order chi connectivity index (χ1) is 14.1. The van der Waals surface area contributed by atoms with Crippen molar-refractivity contribution in [1.82, 2.24) is 5.32 Å². The number of amides is 1. The van der Waals surface area contributed by atoms with Crippen LogP contribution in [-0.2, 0) is 14.8 Å². The first kappa shape index (κ1) is 23.5. The van der Waals surface area contributed by atoms with E-state index in [0.717, 1.165) is 0 Å². The summed E-state index contributed by atoms with van der Waals surface area (Å²) >= 11 is 0. The van der Waals surface area contributed by atoms with Crippen LogP contribution in [0.25, 0.3) is 0 Å². The lowest BCUT2D eigenvalue weighted by atomic mass is 10.1. The molecule has 0 radical (unpaired) electrons. The third kappa shape index (κ3) is 6.13. The second-order valence-corrected chi connectivity index (χ2v) is 9.23. The van der Waals surface area contributed by atoms with Gasteiger partial charge in [0.15, 0.2) is 6.61 Å². The molecule has 1 amide bonds. The summed E-state index contributed by atoms with van der Waals surface area (Å²) in [5, 5.41) is 2.87. The molecule has 7 nitrogen and oxygen atoms in total. The maximum absolute atomic E-state index is 12.9. The minimum atomic E-state index is -3.71. The largest absolute Gasteiger partial charge is 0.494 e. The van der Waals surface area contributed by atoms with E-state index < -0.39 is 10.0 Å². The van der Waals surface area contributed by atoms with E-state index in [2.05, 4.69) is 5.32 Å². The summed E-state index contributed by atoms with van der Waals surface area (Å²) < 4.78 is 37.8. The van der Waals surface area contributed by atoms with Gasteiger partial charge in [-0.05, 0) is 68.3 Å². The Kier molecular flexibility index (Phi) is 8.11. The van der Waals surface area contributed by atoms with Gasteiger partial charge in [-0.3, -0.25) is 9.10 Å². The summed E-state index contributed by atoms with van der Waals surface area (Å²) in [5.74, 6) is 1.24.